The van der Waals surface area contributed by atoms with Crippen LogP contribution >= 0.6 is 22.9 Å². The summed E-state index contributed by atoms with van der Waals surface area (Å²) in [5.41, 5.74) is 3.01. The van der Waals surface area contributed by atoms with Crippen molar-refractivity contribution in [2.24, 2.45) is 0 Å². The largest absolute Gasteiger partial charge is 0.334 e. The van der Waals surface area contributed by atoms with E-state index in [-0.39, 0.29) is 5.91 Å². The highest BCUT2D eigenvalue weighted by atomic mass is 35.5. The van der Waals surface area contributed by atoms with E-state index in [0.29, 0.717) is 17.5 Å². The minimum atomic E-state index is -0.0267. The van der Waals surface area contributed by atoms with Gasteiger partial charge in [0, 0.05) is 16.1 Å². The maximum Gasteiger partial charge on any atom is 0.334 e. The van der Waals surface area contributed by atoms with Gasteiger partial charge in [-0.25, -0.2) is 4.57 Å². The summed E-state index contributed by atoms with van der Waals surface area (Å²) in [7, 11) is 0. The Labute approximate surface area is 186 Å². The second-order valence-electron chi connectivity index (χ2n) is 7.82. The molecule has 0 unspecified atom stereocenters. The van der Waals surface area contributed by atoms with Gasteiger partial charge in [0.15, 0.2) is 0 Å². The molecule has 1 saturated carbocycles. The maximum atomic E-state index is 12.7. The first-order valence-corrected chi connectivity index (χ1v) is 11.8. The lowest BCUT2D eigenvalue weighted by Crippen LogP contribution is -2.42. The Kier molecular flexibility index (Phi) is 7.03. The summed E-state index contributed by atoms with van der Waals surface area (Å²) in [4.78, 5) is 12.7. The molecule has 4 rings (SSSR count). The van der Waals surface area contributed by atoms with Crippen LogP contribution in [0.25, 0.3) is 0 Å². The molecule has 0 saturated heterocycles. The number of anilines is 2. The van der Waals surface area contributed by atoms with Crippen molar-refractivity contribution in [1.29, 1.82) is 0 Å². The second-order valence-corrected chi connectivity index (χ2v) is 9.11. The number of thiazole rings is 1. The third-order valence-electron chi connectivity index (χ3n) is 5.48. The Morgan fingerprint density at radius 2 is 1.77 bits per heavy atom. The average molecular weight is 441 g/mol. The number of benzene rings is 2. The molecular formula is C24H27ClN3OS+. The first kappa shape index (κ1) is 20.9. The van der Waals surface area contributed by atoms with Crippen LogP contribution in [0.15, 0.2) is 60.0 Å². The number of amides is 1. The van der Waals surface area contributed by atoms with Crippen LogP contribution in [0.3, 0.4) is 0 Å². The minimum absolute atomic E-state index is 0.0267. The van der Waals surface area contributed by atoms with Crippen LogP contribution in [0.2, 0.25) is 5.02 Å². The molecule has 6 heteroatoms. The molecule has 0 bridgehead atoms. The average Bonchev–Trinajstić information content (AvgIpc) is 3.12. The Morgan fingerprint density at radius 1 is 1.03 bits per heavy atom. The Balaban J connectivity index is 1.51. The first-order valence-electron chi connectivity index (χ1n) is 10.5. The topological polar surface area (TPSA) is 45.0 Å². The zero-order chi connectivity index (χ0) is 20.8. The predicted molar refractivity (Wildman–Crippen MR) is 124 cm³/mol. The van der Waals surface area contributed by atoms with Crippen LogP contribution in [-0.4, -0.2) is 11.9 Å². The number of halogens is 1. The van der Waals surface area contributed by atoms with Crippen molar-refractivity contribution in [3.05, 3.63) is 76.3 Å². The quantitative estimate of drug-likeness (QED) is 0.465. The van der Waals surface area contributed by atoms with Gasteiger partial charge in [-0.3, -0.25) is 10.1 Å². The summed E-state index contributed by atoms with van der Waals surface area (Å²) in [6.45, 7) is 0.753. The van der Waals surface area contributed by atoms with Gasteiger partial charge in [-0.2, -0.15) is 0 Å². The lowest BCUT2D eigenvalue weighted by Gasteiger charge is -2.19. The van der Waals surface area contributed by atoms with E-state index in [2.05, 4.69) is 44.8 Å². The van der Waals surface area contributed by atoms with Crippen molar-refractivity contribution in [3.8, 4) is 0 Å². The molecule has 1 amide bonds. The zero-order valence-corrected chi connectivity index (χ0v) is 18.5. The van der Waals surface area contributed by atoms with Crippen molar-refractivity contribution in [3.63, 3.8) is 0 Å². The zero-order valence-electron chi connectivity index (χ0n) is 16.9. The van der Waals surface area contributed by atoms with Crippen LogP contribution < -0.4 is 15.2 Å². The predicted octanol–water partition coefficient (Wildman–Crippen LogP) is 5.66. The molecule has 1 aliphatic carbocycles. The van der Waals surface area contributed by atoms with Crippen LogP contribution in [0.4, 0.5) is 10.8 Å². The van der Waals surface area contributed by atoms with E-state index < -0.39 is 0 Å². The van der Waals surface area contributed by atoms with Gasteiger partial charge in [0.05, 0.1) is 12.5 Å². The van der Waals surface area contributed by atoms with Crippen molar-refractivity contribution < 1.29 is 9.36 Å². The van der Waals surface area contributed by atoms with E-state index in [0.717, 1.165) is 23.1 Å². The van der Waals surface area contributed by atoms with Crippen molar-refractivity contribution in [1.82, 2.24) is 0 Å². The number of nitrogens with zero attached hydrogens (tertiary/aromatic N) is 1. The normalized spacial score (nSPS) is 14.4. The number of carbonyl (C=O) groups is 1. The Bertz CT molecular complexity index is 966. The van der Waals surface area contributed by atoms with Crippen molar-refractivity contribution >= 4 is 39.7 Å². The van der Waals surface area contributed by atoms with E-state index in [4.69, 9.17) is 11.6 Å². The van der Waals surface area contributed by atoms with Crippen molar-refractivity contribution in [2.75, 3.05) is 10.6 Å². The van der Waals surface area contributed by atoms with Gasteiger partial charge in [0.2, 0.25) is 5.91 Å². The number of rotatable bonds is 7. The SMILES string of the molecule is O=C(Cc1csc(NC2CCCCC2)[n+]1Cc1ccccc1)Nc1ccc(Cl)cc1. The fourth-order valence-electron chi connectivity index (χ4n) is 3.89. The maximum absolute atomic E-state index is 12.7. The Morgan fingerprint density at radius 3 is 2.50 bits per heavy atom. The molecule has 0 radical (unpaired) electrons. The number of aromatic nitrogens is 1. The molecule has 1 fully saturated rings. The smallest absolute Gasteiger partial charge is 0.326 e. The van der Waals surface area contributed by atoms with Crippen molar-refractivity contribution in [2.45, 2.75) is 51.1 Å². The van der Waals surface area contributed by atoms with E-state index in [9.17, 15) is 4.79 Å². The number of hydrogen-bond acceptors (Lipinski definition) is 3. The van der Waals surface area contributed by atoms with E-state index in [1.165, 1.54) is 37.7 Å². The lowest BCUT2D eigenvalue weighted by molar-refractivity contribution is -0.677. The standard InChI is InChI=1S/C24H26ClN3OS/c25-19-11-13-21(14-12-19)26-23(29)15-22-17-30-24(27-20-9-5-2-6-10-20)28(22)16-18-7-3-1-4-8-18/h1,3-4,7-8,11-14,17,20H,2,5-6,9-10,15-16H2,(H,26,29)/p+1. The molecular weight excluding hydrogens is 414 g/mol. The van der Waals surface area contributed by atoms with E-state index in [1.807, 2.05) is 18.2 Å². The number of hydrogen-bond donors (Lipinski definition) is 2. The van der Waals surface area contributed by atoms with Gasteiger partial charge in [-0.1, -0.05) is 59.7 Å². The summed E-state index contributed by atoms with van der Waals surface area (Å²) in [5.74, 6) is -0.0267. The van der Waals surface area contributed by atoms with Gasteiger partial charge in [-0.15, -0.1) is 0 Å². The van der Waals surface area contributed by atoms with Crippen LogP contribution in [0.1, 0.15) is 43.4 Å². The molecule has 30 heavy (non-hydrogen) atoms. The number of carbonyl (C=O) groups excluding carboxylic acids is 1. The van der Waals surface area contributed by atoms with Gasteiger partial charge in [0.1, 0.15) is 12.2 Å². The van der Waals surface area contributed by atoms with Crippen LogP contribution in [0, 0.1) is 0 Å². The molecule has 1 heterocycles. The third kappa shape index (κ3) is 5.61. The fraction of sp³-hybridized carbons (Fsp3) is 0.333. The van der Waals surface area contributed by atoms with E-state index in [1.54, 1.807) is 23.5 Å². The molecule has 0 aliphatic heterocycles. The monoisotopic (exact) mass is 440 g/mol. The molecule has 0 spiro atoms. The molecule has 4 nitrogen and oxygen atoms in total. The molecule has 0 atom stereocenters. The summed E-state index contributed by atoms with van der Waals surface area (Å²) >= 11 is 7.63. The van der Waals surface area contributed by atoms with Gasteiger partial charge in [-0.05, 0) is 55.5 Å². The summed E-state index contributed by atoms with van der Waals surface area (Å²) in [6.07, 6.45) is 6.68. The van der Waals surface area contributed by atoms with E-state index >= 15 is 0 Å². The summed E-state index contributed by atoms with van der Waals surface area (Å²) in [6, 6.07) is 18.1. The molecule has 2 N–H and O–H groups in total. The summed E-state index contributed by atoms with van der Waals surface area (Å²) in [5, 5.41) is 10.6. The summed E-state index contributed by atoms with van der Waals surface area (Å²) < 4.78 is 2.26. The minimum Gasteiger partial charge on any atom is -0.326 e. The fourth-order valence-corrected chi connectivity index (χ4v) is 5.02. The lowest BCUT2D eigenvalue weighted by atomic mass is 9.96. The molecule has 1 aliphatic rings. The second kappa shape index (κ2) is 10.1. The highest BCUT2D eigenvalue weighted by molar-refractivity contribution is 7.13. The molecule has 2 aromatic carbocycles. The third-order valence-corrected chi connectivity index (χ3v) is 6.69. The Hall–Kier alpha value is -2.37. The highest BCUT2D eigenvalue weighted by Gasteiger charge is 2.25. The van der Waals surface area contributed by atoms with Gasteiger partial charge < -0.3 is 5.32 Å². The highest BCUT2D eigenvalue weighted by Crippen LogP contribution is 2.24. The molecule has 1 aromatic heterocycles. The first-order chi connectivity index (χ1) is 14.7. The van der Waals surface area contributed by atoms with Gasteiger partial charge >= 0.3 is 5.13 Å². The van der Waals surface area contributed by atoms with Crippen LogP contribution in [0.5, 0.6) is 0 Å². The van der Waals surface area contributed by atoms with Crippen LogP contribution in [-0.2, 0) is 17.8 Å². The molecule has 3 aromatic rings. The van der Waals surface area contributed by atoms with Gasteiger partial charge in [0.25, 0.3) is 0 Å². The molecule has 156 valence electrons. The number of nitrogens with one attached hydrogen (secondary N) is 2.